The third-order valence-electron chi connectivity index (χ3n) is 3.47. The first kappa shape index (κ1) is 16.9. The Morgan fingerprint density at radius 2 is 1.72 bits per heavy atom. The molecule has 2 aromatic carbocycles. The van der Waals surface area contributed by atoms with Crippen molar-refractivity contribution in [1.29, 1.82) is 0 Å². The van der Waals surface area contributed by atoms with Crippen LogP contribution in [0, 0.1) is 13.8 Å². The molecule has 25 heavy (non-hydrogen) atoms. The number of hydrogen-bond acceptors (Lipinski definition) is 5. The Morgan fingerprint density at radius 3 is 2.48 bits per heavy atom. The number of rotatable bonds is 5. The Kier molecular flexibility index (Phi) is 4.67. The summed E-state index contributed by atoms with van der Waals surface area (Å²) in [4.78, 5) is 8.21. The van der Waals surface area contributed by atoms with Crippen LogP contribution in [0.1, 0.15) is 11.1 Å². The van der Waals surface area contributed by atoms with Crippen LogP contribution in [0.4, 0.5) is 5.69 Å². The van der Waals surface area contributed by atoms with Gasteiger partial charge in [0.25, 0.3) is 10.0 Å². The van der Waals surface area contributed by atoms with Crippen LogP contribution in [0.2, 0.25) is 0 Å². The quantitative estimate of drug-likeness (QED) is 0.755. The van der Waals surface area contributed by atoms with Gasteiger partial charge in [0.15, 0.2) is 0 Å². The fourth-order valence-electron chi connectivity index (χ4n) is 2.27. The molecule has 0 fully saturated rings. The second-order valence-electron chi connectivity index (χ2n) is 5.54. The summed E-state index contributed by atoms with van der Waals surface area (Å²) in [5.74, 6) is 0.437. The number of sulfonamides is 1. The topological polar surface area (TPSA) is 81.2 Å². The van der Waals surface area contributed by atoms with E-state index in [9.17, 15) is 8.42 Å². The Morgan fingerprint density at radius 1 is 0.960 bits per heavy atom. The van der Waals surface area contributed by atoms with Gasteiger partial charge >= 0.3 is 6.01 Å². The summed E-state index contributed by atoms with van der Waals surface area (Å²) in [7, 11) is -3.69. The van der Waals surface area contributed by atoms with Gasteiger partial charge in [0.05, 0.1) is 10.6 Å². The van der Waals surface area contributed by atoms with E-state index in [1.54, 1.807) is 61.8 Å². The number of hydrogen-bond donors (Lipinski definition) is 1. The molecule has 3 rings (SSSR count). The number of anilines is 1. The van der Waals surface area contributed by atoms with Crippen molar-refractivity contribution in [3.05, 3.63) is 72.1 Å². The fraction of sp³-hybridized carbons (Fsp3) is 0.111. The first-order chi connectivity index (χ1) is 11.9. The lowest BCUT2D eigenvalue weighted by Crippen LogP contribution is -2.14. The maximum Gasteiger partial charge on any atom is 0.321 e. The predicted molar refractivity (Wildman–Crippen MR) is 95.3 cm³/mol. The van der Waals surface area contributed by atoms with E-state index < -0.39 is 10.0 Å². The van der Waals surface area contributed by atoms with Crippen LogP contribution in [0.15, 0.2) is 65.8 Å². The molecule has 128 valence electrons. The standard InChI is InChI=1S/C18H17N3O3S/c1-13-7-8-14(2)17(11-13)25(22,23)21-15-5-3-6-16(12-15)24-18-19-9-4-10-20-18/h3-12,21H,1-2H3. The van der Waals surface area contributed by atoms with Crippen molar-refractivity contribution in [3.63, 3.8) is 0 Å². The minimum Gasteiger partial charge on any atom is -0.424 e. The Balaban J connectivity index is 1.85. The number of nitrogens with zero attached hydrogens (tertiary/aromatic N) is 2. The predicted octanol–water partition coefficient (Wildman–Crippen LogP) is 3.69. The van der Waals surface area contributed by atoms with Gasteiger partial charge in [-0.1, -0.05) is 18.2 Å². The molecule has 0 amide bonds. The summed E-state index contributed by atoms with van der Waals surface area (Å²) in [5.41, 5.74) is 1.96. The van der Waals surface area contributed by atoms with Gasteiger partial charge in [-0.25, -0.2) is 18.4 Å². The molecule has 0 radical (unpaired) electrons. The van der Waals surface area contributed by atoms with E-state index in [-0.39, 0.29) is 10.9 Å². The molecule has 0 saturated carbocycles. The molecule has 0 aliphatic carbocycles. The lowest BCUT2D eigenvalue weighted by molar-refractivity contribution is 0.442. The number of nitrogens with one attached hydrogen (secondary N) is 1. The summed E-state index contributed by atoms with van der Waals surface area (Å²) < 4.78 is 33.4. The van der Waals surface area contributed by atoms with Crippen molar-refractivity contribution in [2.75, 3.05) is 4.72 Å². The third kappa shape index (κ3) is 4.13. The molecule has 0 aliphatic rings. The highest BCUT2D eigenvalue weighted by atomic mass is 32.2. The highest BCUT2D eigenvalue weighted by Gasteiger charge is 2.17. The number of ether oxygens (including phenoxy) is 1. The highest BCUT2D eigenvalue weighted by molar-refractivity contribution is 7.92. The maximum atomic E-state index is 12.7. The van der Waals surface area contributed by atoms with Crippen molar-refractivity contribution < 1.29 is 13.2 Å². The highest BCUT2D eigenvalue weighted by Crippen LogP contribution is 2.25. The van der Waals surface area contributed by atoms with Gasteiger partial charge in [0.2, 0.25) is 0 Å². The van der Waals surface area contributed by atoms with Gasteiger partial charge in [-0.2, -0.15) is 0 Å². The van der Waals surface area contributed by atoms with Crippen LogP contribution in [-0.4, -0.2) is 18.4 Å². The van der Waals surface area contributed by atoms with Crippen LogP contribution in [-0.2, 0) is 10.0 Å². The van der Waals surface area contributed by atoms with Crippen molar-refractivity contribution in [2.24, 2.45) is 0 Å². The molecule has 0 saturated heterocycles. The maximum absolute atomic E-state index is 12.7. The summed E-state index contributed by atoms with van der Waals surface area (Å²) in [6, 6.07) is 13.8. The minimum absolute atomic E-state index is 0.192. The second-order valence-corrected chi connectivity index (χ2v) is 7.19. The zero-order valence-corrected chi connectivity index (χ0v) is 14.6. The van der Waals surface area contributed by atoms with E-state index in [4.69, 9.17) is 4.74 Å². The largest absolute Gasteiger partial charge is 0.424 e. The average Bonchev–Trinajstić information content (AvgIpc) is 2.58. The van der Waals surface area contributed by atoms with Gasteiger partial charge in [-0.05, 0) is 49.2 Å². The SMILES string of the molecule is Cc1ccc(C)c(S(=O)(=O)Nc2cccc(Oc3ncccn3)c2)c1. The van der Waals surface area contributed by atoms with Gasteiger partial charge in [-0.15, -0.1) is 0 Å². The Bertz CT molecular complexity index is 989. The molecule has 0 atom stereocenters. The van der Waals surface area contributed by atoms with E-state index in [2.05, 4.69) is 14.7 Å². The Labute approximate surface area is 146 Å². The van der Waals surface area contributed by atoms with Crippen molar-refractivity contribution in [3.8, 4) is 11.8 Å². The van der Waals surface area contributed by atoms with E-state index >= 15 is 0 Å². The average molecular weight is 355 g/mol. The molecule has 6 nitrogen and oxygen atoms in total. The molecule has 3 aromatic rings. The molecule has 1 heterocycles. The normalized spacial score (nSPS) is 11.1. The summed E-state index contributed by atoms with van der Waals surface area (Å²) in [6.07, 6.45) is 3.13. The van der Waals surface area contributed by atoms with Crippen molar-refractivity contribution >= 4 is 15.7 Å². The van der Waals surface area contributed by atoms with Crippen molar-refractivity contribution in [2.45, 2.75) is 18.7 Å². The zero-order chi connectivity index (χ0) is 17.9. The monoisotopic (exact) mass is 355 g/mol. The van der Waals surface area contributed by atoms with Gasteiger partial charge < -0.3 is 4.74 Å². The van der Waals surface area contributed by atoms with E-state index in [0.717, 1.165) is 5.56 Å². The van der Waals surface area contributed by atoms with Crippen LogP contribution >= 0.6 is 0 Å². The lowest BCUT2D eigenvalue weighted by atomic mass is 10.2. The van der Waals surface area contributed by atoms with Crippen LogP contribution < -0.4 is 9.46 Å². The van der Waals surface area contributed by atoms with Gasteiger partial charge in [0.1, 0.15) is 5.75 Å². The van der Waals surface area contributed by atoms with E-state index in [0.29, 0.717) is 17.0 Å². The third-order valence-corrected chi connectivity index (χ3v) is 4.99. The van der Waals surface area contributed by atoms with Crippen molar-refractivity contribution in [1.82, 2.24) is 9.97 Å². The molecule has 0 unspecified atom stereocenters. The lowest BCUT2D eigenvalue weighted by Gasteiger charge is -2.12. The molecular weight excluding hydrogens is 338 g/mol. The molecule has 0 spiro atoms. The summed E-state index contributed by atoms with van der Waals surface area (Å²) in [6.45, 7) is 3.62. The number of benzene rings is 2. The smallest absolute Gasteiger partial charge is 0.321 e. The van der Waals surface area contributed by atoms with Gasteiger partial charge in [-0.3, -0.25) is 4.72 Å². The summed E-state index contributed by atoms with van der Waals surface area (Å²) in [5, 5.41) is 0. The second kappa shape index (κ2) is 6.90. The number of aromatic nitrogens is 2. The van der Waals surface area contributed by atoms with Crippen LogP contribution in [0.25, 0.3) is 0 Å². The molecule has 1 N–H and O–H groups in total. The molecule has 0 bridgehead atoms. The first-order valence-corrected chi connectivity index (χ1v) is 9.07. The van der Waals surface area contributed by atoms with E-state index in [1.165, 1.54) is 0 Å². The van der Waals surface area contributed by atoms with E-state index in [1.807, 2.05) is 13.0 Å². The zero-order valence-electron chi connectivity index (χ0n) is 13.8. The molecule has 0 aliphatic heterocycles. The van der Waals surface area contributed by atoms with Crippen LogP contribution in [0.3, 0.4) is 0 Å². The van der Waals surface area contributed by atoms with Crippen LogP contribution in [0.5, 0.6) is 11.8 Å². The number of aryl methyl sites for hydroxylation is 2. The Hall–Kier alpha value is -2.93. The van der Waals surface area contributed by atoms with Gasteiger partial charge in [0, 0.05) is 18.5 Å². The fourth-order valence-corrected chi connectivity index (χ4v) is 3.65. The molecule has 1 aromatic heterocycles. The summed E-state index contributed by atoms with van der Waals surface area (Å²) >= 11 is 0. The first-order valence-electron chi connectivity index (χ1n) is 7.59. The minimum atomic E-state index is -3.69. The molecule has 7 heteroatoms. The molecular formula is C18H17N3O3S.